The van der Waals surface area contributed by atoms with Gasteiger partial charge in [0.1, 0.15) is 6.04 Å². The molecule has 0 fully saturated rings. The van der Waals surface area contributed by atoms with Gasteiger partial charge in [0.05, 0.1) is 16.8 Å². The van der Waals surface area contributed by atoms with E-state index >= 15 is 0 Å². The van der Waals surface area contributed by atoms with Gasteiger partial charge in [-0.15, -0.1) is 0 Å². The van der Waals surface area contributed by atoms with Crippen LogP contribution in [-0.2, 0) is 16.1 Å². The van der Waals surface area contributed by atoms with Crippen molar-refractivity contribution in [2.75, 3.05) is 5.75 Å². The molecule has 0 saturated heterocycles. The van der Waals surface area contributed by atoms with Gasteiger partial charge in [-0.25, -0.2) is 9.78 Å². The van der Waals surface area contributed by atoms with E-state index in [4.69, 9.17) is 0 Å². The normalized spacial score (nSPS) is 13.7. The molecule has 0 spiro atoms. The van der Waals surface area contributed by atoms with Crippen LogP contribution in [0.2, 0.25) is 0 Å². The number of carbonyl (C=O) groups excluding carboxylic acids is 1. The van der Waals surface area contributed by atoms with E-state index in [2.05, 4.69) is 28.7 Å². The SMILES string of the molecule is CC[C@@H](C)[C@@H](NC(=O)CSc1nc2ccccc2n1CC(C)C)C(=O)O. The molecule has 2 aromatic rings. The van der Waals surface area contributed by atoms with Gasteiger partial charge >= 0.3 is 5.97 Å². The van der Waals surface area contributed by atoms with Crippen molar-refractivity contribution in [3.05, 3.63) is 24.3 Å². The minimum absolute atomic E-state index is 0.119. The van der Waals surface area contributed by atoms with Gasteiger partial charge < -0.3 is 15.0 Å². The number of thioether (sulfide) groups is 1. The maximum Gasteiger partial charge on any atom is 0.326 e. The first-order chi connectivity index (χ1) is 12.3. The van der Waals surface area contributed by atoms with Gasteiger partial charge in [-0.1, -0.05) is 58.0 Å². The summed E-state index contributed by atoms with van der Waals surface area (Å²) >= 11 is 1.34. The lowest BCUT2D eigenvalue weighted by atomic mass is 9.99. The fourth-order valence-electron chi connectivity index (χ4n) is 2.73. The molecule has 0 aliphatic heterocycles. The summed E-state index contributed by atoms with van der Waals surface area (Å²) in [6.07, 6.45) is 0.689. The third-order valence-corrected chi connectivity index (χ3v) is 5.27. The predicted octanol–water partition coefficient (Wildman–Crippen LogP) is 3.40. The largest absolute Gasteiger partial charge is 0.480 e. The second-order valence-electron chi connectivity index (χ2n) is 6.95. The molecule has 1 aromatic heterocycles. The predicted molar refractivity (Wildman–Crippen MR) is 104 cm³/mol. The molecule has 26 heavy (non-hydrogen) atoms. The Morgan fingerprint density at radius 3 is 2.58 bits per heavy atom. The molecule has 0 saturated carbocycles. The van der Waals surface area contributed by atoms with Crippen LogP contribution >= 0.6 is 11.8 Å². The quantitative estimate of drug-likeness (QED) is 0.654. The second kappa shape index (κ2) is 9.07. The second-order valence-corrected chi connectivity index (χ2v) is 7.89. The fraction of sp³-hybridized carbons (Fsp3) is 0.526. The van der Waals surface area contributed by atoms with E-state index in [0.29, 0.717) is 12.3 Å². The number of carbonyl (C=O) groups is 2. The fourth-order valence-corrected chi connectivity index (χ4v) is 3.57. The van der Waals surface area contributed by atoms with E-state index < -0.39 is 12.0 Å². The number of carboxylic acid groups (broad SMARTS) is 1. The zero-order valence-corrected chi connectivity index (χ0v) is 16.5. The Morgan fingerprint density at radius 1 is 1.27 bits per heavy atom. The lowest BCUT2D eigenvalue weighted by Crippen LogP contribution is -2.45. The molecule has 0 aliphatic carbocycles. The molecular formula is C19H27N3O3S. The lowest BCUT2D eigenvalue weighted by Gasteiger charge is -2.20. The van der Waals surface area contributed by atoms with Crippen molar-refractivity contribution in [2.24, 2.45) is 11.8 Å². The van der Waals surface area contributed by atoms with E-state index in [9.17, 15) is 14.7 Å². The van der Waals surface area contributed by atoms with Gasteiger partial charge in [-0.05, 0) is 24.0 Å². The van der Waals surface area contributed by atoms with Gasteiger partial charge in [0.2, 0.25) is 5.91 Å². The number of hydrogen-bond acceptors (Lipinski definition) is 4. The number of hydrogen-bond donors (Lipinski definition) is 2. The summed E-state index contributed by atoms with van der Waals surface area (Å²) in [5, 5.41) is 12.7. The minimum atomic E-state index is -0.996. The summed E-state index contributed by atoms with van der Waals surface area (Å²) in [6.45, 7) is 8.83. The van der Waals surface area contributed by atoms with Crippen LogP contribution in [0.5, 0.6) is 0 Å². The van der Waals surface area contributed by atoms with Crippen LogP contribution in [0, 0.1) is 11.8 Å². The van der Waals surface area contributed by atoms with Crippen LogP contribution < -0.4 is 5.32 Å². The number of aliphatic carboxylic acids is 1. The number of nitrogens with zero attached hydrogens (tertiary/aromatic N) is 2. The van der Waals surface area contributed by atoms with Gasteiger partial charge in [0.25, 0.3) is 0 Å². The van der Waals surface area contributed by atoms with Crippen molar-refractivity contribution in [1.29, 1.82) is 0 Å². The number of aromatic nitrogens is 2. The maximum atomic E-state index is 12.3. The number of para-hydroxylation sites is 2. The third-order valence-electron chi connectivity index (χ3n) is 4.30. The van der Waals surface area contributed by atoms with Crippen molar-refractivity contribution >= 4 is 34.7 Å². The summed E-state index contributed by atoms with van der Waals surface area (Å²) in [7, 11) is 0. The smallest absolute Gasteiger partial charge is 0.326 e. The topological polar surface area (TPSA) is 84.2 Å². The highest BCUT2D eigenvalue weighted by atomic mass is 32.2. The lowest BCUT2D eigenvalue weighted by molar-refractivity contribution is -0.143. The van der Waals surface area contributed by atoms with Gasteiger partial charge in [-0.3, -0.25) is 4.79 Å². The summed E-state index contributed by atoms with van der Waals surface area (Å²) < 4.78 is 2.13. The number of amides is 1. The number of fused-ring (bicyclic) bond motifs is 1. The molecule has 2 atom stereocenters. The molecule has 1 aromatic carbocycles. The molecule has 6 nitrogen and oxygen atoms in total. The molecule has 142 valence electrons. The van der Waals surface area contributed by atoms with Crippen molar-refractivity contribution < 1.29 is 14.7 Å². The zero-order valence-electron chi connectivity index (χ0n) is 15.7. The van der Waals surface area contributed by atoms with Crippen molar-refractivity contribution in [3.63, 3.8) is 0 Å². The first-order valence-electron chi connectivity index (χ1n) is 8.93. The molecule has 0 aliphatic rings. The summed E-state index contributed by atoms with van der Waals surface area (Å²) in [5.41, 5.74) is 1.95. The van der Waals surface area contributed by atoms with Gasteiger partial charge in [-0.2, -0.15) is 0 Å². The average molecular weight is 378 g/mol. The van der Waals surface area contributed by atoms with Crippen molar-refractivity contribution in [1.82, 2.24) is 14.9 Å². The molecule has 0 radical (unpaired) electrons. The van der Waals surface area contributed by atoms with Gasteiger partial charge in [0.15, 0.2) is 5.16 Å². The summed E-state index contributed by atoms with van der Waals surface area (Å²) in [4.78, 5) is 28.3. The van der Waals surface area contributed by atoms with E-state index in [1.807, 2.05) is 38.1 Å². The third kappa shape index (κ3) is 5.00. The number of imidazole rings is 1. The van der Waals surface area contributed by atoms with Crippen LogP contribution in [0.3, 0.4) is 0 Å². The van der Waals surface area contributed by atoms with Crippen molar-refractivity contribution in [3.8, 4) is 0 Å². The van der Waals surface area contributed by atoms with Crippen LogP contribution in [0.4, 0.5) is 0 Å². The van der Waals surface area contributed by atoms with E-state index in [-0.39, 0.29) is 17.6 Å². The van der Waals surface area contributed by atoms with Crippen LogP contribution in [0.15, 0.2) is 29.4 Å². The molecule has 2 rings (SSSR count). The van der Waals surface area contributed by atoms with E-state index in [1.54, 1.807) is 0 Å². The number of rotatable bonds is 9. The Morgan fingerprint density at radius 2 is 1.96 bits per heavy atom. The molecular weight excluding hydrogens is 350 g/mol. The first kappa shape index (κ1) is 20.3. The highest BCUT2D eigenvalue weighted by Crippen LogP contribution is 2.25. The number of carboxylic acids is 1. The Labute approximate surface area is 158 Å². The highest BCUT2D eigenvalue weighted by molar-refractivity contribution is 7.99. The molecule has 1 amide bonds. The monoisotopic (exact) mass is 377 g/mol. The number of nitrogens with one attached hydrogen (secondary N) is 1. The molecule has 7 heteroatoms. The van der Waals surface area contributed by atoms with E-state index in [0.717, 1.165) is 22.7 Å². The maximum absolute atomic E-state index is 12.3. The Hall–Kier alpha value is -2.02. The molecule has 1 heterocycles. The molecule has 0 bridgehead atoms. The first-order valence-corrected chi connectivity index (χ1v) is 9.92. The number of benzene rings is 1. The van der Waals surface area contributed by atoms with Crippen LogP contribution in [0.1, 0.15) is 34.1 Å². The van der Waals surface area contributed by atoms with Crippen LogP contribution in [0.25, 0.3) is 11.0 Å². The zero-order chi connectivity index (χ0) is 19.3. The van der Waals surface area contributed by atoms with Crippen molar-refractivity contribution in [2.45, 2.75) is 51.9 Å². The molecule has 0 unspecified atom stereocenters. The molecule has 2 N–H and O–H groups in total. The van der Waals surface area contributed by atoms with E-state index in [1.165, 1.54) is 11.8 Å². The summed E-state index contributed by atoms with van der Waals surface area (Å²) in [5.74, 6) is -0.813. The average Bonchev–Trinajstić information content (AvgIpc) is 2.94. The Bertz CT molecular complexity index is 772. The highest BCUT2D eigenvalue weighted by Gasteiger charge is 2.25. The van der Waals surface area contributed by atoms with Gasteiger partial charge in [0, 0.05) is 6.54 Å². The van der Waals surface area contributed by atoms with Crippen LogP contribution in [-0.4, -0.2) is 38.3 Å². The summed E-state index contributed by atoms with van der Waals surface area (Å²) in [6, 6.07) is 7.05. The Kier molecular flexibility index (Phi) is 7.08. The minimum Gasteiger partial charge on any atom is -0.480 e. The Balaban J connectivity index is 2.11. The standard InChI is InChI=1S/C19H27N3O3S/c1-5-13(4)17(18(24)25)21-16(23)11-26-19-20-14-8-6-7-9-15(14)22(19)10-12(2)3/h6-9,12-13,17H,5,10-11H2,1-4H3,(H,21,23)(H,24,25)/t13-,17-/m1/s1.